The van der Waals surface area contributed by atoms with Crippen molar-refractivity contribution in [3.8, 4) is 5.75 Å². The highest BCUT2D eigenvalue weighted by Gasteiger charge is 2.35. The van der Waals surface area contributed by atoms with Gasteiger partial charge in [-0.1, -0.05) is 31.2 Å². The minimum atomic E-state index is -4.53. The molecule has 3 rings (SSSR count). The Morgan fingerprint density at radius 1 is 1.19 bits per heavy atom. The van der Waals surface area contributed by atoms with E-state index in [0.717, 1.165) is 6.07 Å². The summed E-state index contributed by atoms with van der Waals surface area (Å²) < 4.78 is 46.7. The van der Waals surface area contributed by atoms with Crippen LogP contribution >= 0.6 is 0 Å². The number of ketones is 1. The summed E-state index contributed by atoms with van der Waals surface area (Å²) >= 11 is 0. The maximum atomic E-state index is 13.4. The fourth-order valence-corrected chi connectivity index (χ4v) is 2.91. The second-order valence-electron chi connectivity index (χ2n) is 5.83. The zero-order valence-corrected chi connectivity index (χ0v) is 14.3. The van der Waals surface area contributed by atoms with Gasteiger partial charge in [0.25, 0.3) is 0 Å². The molecule has 0 atom stereocenters. The summed E-state index contributed by atoms with van der Waals surface area (Å²) in [5.41, 5.74) is -0.536. The van der Waals surface area contributed by atoms with Crippen LogP contribution in [-0.4, -0.2) is 22.7 Å². The average molecular weight is 362 g/mol. The number of hydrogen-bond donors (Lipinski definition) is 0. The zero-order chi connectivity index (χ0) is 18.9. The van der Waals surface area contributed by atoms with Crippen LogP contribution in [0.25, 0.3) is 10.9 Å². The van der Waals surface area contributed by atoms with Crippen molar-refractivity contribution in [3.05, 3.63) is 59.3 Å². The van der Waals surface area contributed by atoms with Gasteiger partial charge >= 0.3 is 6.18 Å². The molecule has 0 aliphatic rings. The van der Waals surface area contributed by atoms with Crippen molar-refractivity contribution in [1.29, 1.82) is 0 Å². The predicted molar refractivity (Wildman–Crippen MR) is 91.5 cm³/mol. The molecule has 0 radical (unpaired) electrons. The number of aryl methyl sites for hydroxylation is 1. The summed E-state index contributed by atoms with van der Waals surface area (Å²) in [6.45, 7) is 2.13. The molecule has 1 aromatic heterocycles. The molecule has 0 fully saturated rings. The van der Waals surface area contributed by atoms with Crippen LogP contribution in [0, 0.1) is 0 Å². The number of hydrogen-bond acceptors (Lipinski definition) is 3. The molecule has 136 valence electrons. The molecule has 0 saturated heterocycles. The van der Waals surface area contributed by atoms with E-state index in [1.807, 2.05) is 6.92 Å². The molecular weight excluding hydrogens is 345 g/mol. The van der Waals surface area contributed by atoms with E-state index in [0.29, 0.717) is 17.7 Å². The van der Waals surface area contributed by atoms with Gasteiger partial charge in [-0.05, 0) is 24.6 Å². The van der Waals surface area contributed by atoms with Crippen molar-refractivity contribution >= 4 is 16.7 Å². The first kappa shape index (κ1) is 18.0. The maximum absolute atomic E-state index is 13.4. The molecule has 0 N–H and O–H groups in total. The van der Waals surface area contributed by atoms with Crippen molar-refractivity contribution in [2.75, 3.05) is 7.11 Å². The fourth-order valence-electron chi connectivity index (χ4n) is 2.91. The van der Waals surface area contributed by atoms with Crippen LogP contribution in [0.5, 0.6) is 5.75 Å². The summed E-state index contributed by atoms with van der Waals surface area (Å²) in [5, 5.41) is 4.41. The predicted octanol–water partition coefficient (Wildman–Crippen LogP) is 4.70. The van der Waals surface area contributed by atoms with E-state index in [9.17, 15) is 18.0 Å². The van der Waals surface area contributed by atoms with E-state index < -0.39 is 17.5 Å². The second-order valence-corrected chi connectivity index (χ2v) is 5.83. The average Bonchev–Trinajstić information content (AvgIpc) is 2.99. The number of para-hydroxylation sites is 1. The lowest BCUT2D eigenvalue weighted by atomic mass is 10.0. The number of methoxy groups -OCH3 is 1. The summed E-state index contributed by atoms with van der Waals surface area (Å²) in [5.74, 6) is 0.0483. The lowest BCUT2D eigenvalue weighted by molar-refractivity contribution is -0.136. The Morgan fingerprint density at radius 3 is 2.58 bits per heavy atom. The lowest BCUT2D eigenvalue weighted by Gasteiger charge is -2.10. The van der Waals surface area contributed by atoms with Crippen LogP contribution in [-0.2, 0) is 12.7 Å². The van der Waals surface area contributed by atoms with Crippen LogP contribution in [0.4, 0.5) is 13.2 Å². The highest BCUT2D eigenvalue weighted by atomic mass is 19.4. The van der Waals surface area contributed by atoms with Gasteiger partial charge in [-0.15, -0.1) is 0 Å². The van der Waals surface area contributed by atoms with Crippen molar-refractivity contribution < 1.29 is 22.7 Å². The Morgan fingerprint density at radius 2 is 1.92 bits per heavy atom. The number of carbonyl (C=O) groups is 1. The van der Waals surface area contributed by atoms with Crippen molar-refractivity contribution in [2.45, 2.75) is 26.1 Å². The zero-order valence-electron chi connectivity index (χ0n) is 14.3. The van der Waals surface area contributed by atoms with E-state index in [1.54, 1.807) is 24.3 Å². The van der Waals surface area contributed by atoms with E-state index in [2.05, 4.69) is 5.10 Å². The molecule has 4 nitrogen and oxygen atoms in total. The van der Waals surface area contributed by atoms with E-state index in [4.69, 9.17) is 4.74 Å². The Hall–Kier alpha value is -2.83. The highest BCUT2D eigenvalue weighted by molar-refractivity contribution is 6.15. The van der Waals surface area contributed by atoms with Crippen LogP contribution in [0.15, 0.2) is 42.5 Å². The van der Waals surface area contributed by atoms with Crippen molar-refractivity contribution in [3.63, 3.8) is 0 Å². The number of nitrogens with zero attached hydrogens (tertiary/aromatic N) is 2. The van der Waals surface area contributed by atoms with Gasteiger partial charge in [0.1, 0.15) is 11.4 Å². The van der Waals surface area contributed by atoms with E-state index in [-0.39, 0.29) is 23.1 Å². The quantitative estimate of drug-likeness (QED) is 0.618. The summed E-state index contributed by atoms with van der Waals surface area (Å²) in [4.78, 5) is 12.9. The monoisotopic (exact) mass is 362 g/mol. The smallest absolute Gasteiger partial charge is 0.418 e. The first-order valence-corrected chi connectivity index (χ1v) is 8.12. The summed E-state index contributed by atoms with van der Waals surface area (Å²) in [6.07, 6.45) is -3.93. The minimum absolute atomic E-state index is 0.00723. The van der Waals surface area contributed by atoms with Crippen molar-refractivity contribution in [1.82, 2.24) is 9.78 Å². The van der Waals surface area contributed by atoms with Crippen molar-refractivity contribution in [2.24, 2.45) is 0 Å². The van der Waals surface area contributed by atoms with Gasteiger partial charge in [-0.3, -0.25) is 9.48 Å². The molecule has 26 heavy (non-hydrogen) atoms. The molecule has 2 aromatic carbocycles. The van der Waals surface area contributed by atoms with E-state index >= 15 is 0 Å². The van der Waals surface area contributed by atoms with Gasteiger partial charge in [0, 0.05) is 17.5 Å². The summed E-state index contributed by atoms with van der Waals surface area (Å²) in [6, 6.07) is 10.3. The number of halogens is 3. The molecule has 0 unspecified atom stereocenters. The highest BCUT2D eigenvalue weighted by Crippen LogP contribution is 2.36. The van der Waals surface area contributed by atoms with Gasteiger partial charge in [-0.25, -0.2) is 0 Å². The molecule has 3 aromatic rings. The van der Waals surface area contributed by atoms with Crippen LogP contribution in [0.1, 0.15) is 35.0 Å². The molecule has 1 heterocycles. The number of benzene rings is 2. The standard InChI is InChI=1S/C19H17F3N2O2/c1-3-10-24-17-14(8-5-9-15(17)19(20,21)22)16(23-24)18(25)12-6-4-7-13(11-12)26-2/h4-9,11H,3,10H2,1-2H3. The van der Waals surface area contributed by atoms with Gasteiger partial charge < -0.3 is 4.74 Å². The number of aromatic nitrogens is 2. The largest absolute Gasteiger partial charge is 0.497 e. The van der Waals surface area contributed by atoms with Crippen LogP contribution < -0.4 is 4.74 Å². The number of fused-ring (bicyclic) bond motifs is 1. The molecule has 7 heteroatoms. The summed E-state index contributed by atoms with van der Waals surface area (Å²) in [7, 11) is 1.48. The van der Waals surface area contributed by atoms with Gasteiger partial charge in [0.15, 0.2) is 0 Å². The first-order valence-electron chi connectivity index (χ1n) is 8.12. The third kappa shape index (κ3) is 3.16. The normalized spacial score (nSPS) is 11.7. The third-order valence-electron chi connectivity index (χ3n) is 4.06. The van der Waals surface area contributed by atoms with Gasteiger partial charge in [0.2, 0.25) is 5.78 Å². The molecular formula is C19H17F3N2O2. The lowest BCUT2D eigenvalue weighted by Crippen LogP contribution is -2.09. The maximum Gasteiger partial charge on any atom is 0.418 e. The molecule has 0 amide bonds. The molecule has 0 aliphatic carbocycles. The molecule has 0 saturated carbocycles. The SMILES string of the molecule is CCCn1nc(C(=O)c2cccc(OC)c2)c2cccc(C(F)(F)F)c21. The number of carbonyl (C=O) groups excluding carboxylic acids is 1. The number of rotatable bonds is 5. The van der Waals surface area contributed by atoms with Crippen LogP contribution in [0.2, 0.25) is 0 Å². The molecule has 0 aliphatic heterocycles. The van der Waals surface area contributed by atoms with Gasteiger partial charge in [0.05, 0.1) is 18.2 Å². The Balaban J connectivity index is 2.22. The fraction of sp³-hybridized carbons (Fsp3) is 0.263. The van der Waals surface area contributed by atoms with Gasteiger partial charge in [-0.2, -0.15) is 18.3 Å². The topological polar surface area (TPSA) is 44.1 Å². The number of alkyl halides is 3. The third-order valence-corrected chi connectivity index (χ3v) is 4.06. The Kier molecular flexibility index (Phi) is 4.71. The Labute approximate surface area is 148 Å². The minimum Gasteiger partial charge on any atom is -0.497 e. The molecule has 0 bridgehead atoms. The Bertz CT molecular complexity index is 961. The van der Waals surface area contributed by atoms with E-state index in [1.165, 1.54) is 23.9 Å². The van der Waals surface area contributed by atoms with Crippen LogP contribution in [0.3, 0.4) is 0 Å². The first-order chi connectivity index (χ1) is 12.4. The number of ether oxygens (including phenoxy) is 1. The molecule has 0 spiro atoms. The second kappa shape index (κ2) is 6.82.